The molecule has 1 unspecified atom stereocenters. The molecule has 0 spiro atoms. The highest BCUT2D eigenvalue weighted by Gasteiger charge is 2.38. The van der Waals surface area contributed by atoms with E-state index in [1.807, 2.05) is 20.8 Å². The van der Waals surface area contributed by atoms with Crippen molar-refractivity contribution in [1.82, 2.24) is 15.1 Å². The van der Waals surface area contributed by atoms with Crippen LogP contribution >= 0.6 is 0 Å². The van der Waals surface area contributed by atoms with Crippen LogP contribution in [0.1, 0.15) is 39.4 Å². The van der Waals surface area contributed by atoms with E-state index in [1.165, 1.54) is 11.0 Å². The van der Waals surface area contributed by atoms with E-state index >= 15 is 0 Å². The van der Waals surface area contributed by atoms with E-state index in [0.29, 0.717) is 28.6 Å². The molecule has 8 nitrogen and oxygen atoms in total. The molecule has 2 aromatic rings. The molecule has 0 saturated carbocycles. The van der Waals surface area contributed by atoms with Crippen LogP contribution in [0.2, 0.25) is 0 Å². The van der Waals surface area contributed by atoms with Gasteiger partial charge in [-0.05, 0) is 45.9 Å². The Morgan fingerprint density at radius 3 is 2.71 bits per heavy atom. The second kappa shape index (κ2) is 6.40. The van der Waals surface area contributed by atoms with Crippen molar-refractivity contribution >= 4 is 23.2 Å². The Balaban J connectivity index is 1.85. The van der Waals surface area contributed by atoms with Gasteiger partial charge in [0, 0.05) is 35.3 Å². The predicted molar refractivity (Wildman–Crippen MR) is 103 cm³/mol. The van der Waals surface area contributed by atoms with Crippen molar-refractivity contribution in [2.45, 2.75) is 39.3 Å². The van der Waals surface area contributed by atoms with Crippen LogP contribution in [0.4, 0.5) is 5.69 Å². The van der Waals surface area contributed by atoms with Crippen LogP contribution in [0.15, 0.2) is 36.5 Å². The lowest BCUT2D eigenvalue weighted by atomic mass is 10.1. The minimum atomic E-state index is -0.886. The molecule has 2 aliphatic heterocycles. The van der Waals surface area contributed by atoms with Gasteiger partial charge in [-0.1, -0.05) is 0 Å². The summed E-state index contributed by atoms with van der Waals surface area (Å²) in [6.45, 7) is 7.61. The van der Waals surface area contributed by atoms with Gasteiger partial charge in [-0.15, -0.1) is 0 Å². The average molecular weight is 382 g/mol. The van der Waals surface area contributed by atoms with E-state index in [9.17, 15) is 9.59 Å². The zero-order chi connectivity index (χ0) is 20.1. The molecule has 0 radical (unpaired) electrons. The molecule has 146 valence electrons. The van der Waals surface area contributed by atoms with Gasteiger partial charge >= 0.3 is 0 Å². The largest absolute Gasteiger partial charge is 0.454 e. The lowest BCUT2D eigenvalue weighted by Gasteiger charge is -2.32. The van der Waals surface area contributed by atoms with E-state index in [1.54, 1.807) is 42.1 Å². The number of hydrogen-bond acceptors (Lipinski definition) is 5. The molecule has 2 aliphatic rings. The number of carbonyl (C=O) groups is 2. The van der Waals surface area contributed by atoms with Crippen LogP contribution in [0, 0.1) is 0 Å². The standard InChI is InChI=1S/C20H22N4O4/c1-12-9-17(25)23(13-5-6-15-16(10-13)28-11-27-15)18(14-7-8-21-24(12)14)19(26)22-20(2,3)4/h5-10,18H,11H2,1-4H3,(H,22,26). The van der Waals surface area contributed by atoms with Gasteiger partial charge in [-0.2, -0.15) is 5.10 Å². The van der Waals surface area contributed by atoms with E-state index < -0.39 is 11.6 Å². The number of carbonyl (C=O) groups excluding carboxylic acids is 2. The van der Waals surface area contributed by atoms with Gasteiger partial charge in [0.15, 0.2) is 17.5 Å². The fourth-order valence-electron chi connectivity index (χ4n) is 3.39. The molecule has 28 heavy (non-hydrogen) atoms. The summed E-state index contributed by atoms with van der Waals surface area (Å²) in [5.41, 5.74) is 1.34. The number of nitrogens with zero attached hydrogens (tertiary/aromatic N) is 3. The first kappa shape index (κ1) is 18.1. The van der Waals surface area contributed by atoms with Crippen LogP contribution in [0.5, 0.6) is 11.5 Å². The minimum absolute atomic E-state index is 0.131. The molecule has 0 bridgehead atoms. The third-order valence-corrected chi connectivity index (χ3v) is 4.50. The zero-order valence-corrected chi connectivity index (χ0v) is 16.2. The second-order valence-corrected chi connectivity index (χ2v) is 7.84. The lowest BCUT2D eigenvalue weighted by Crippen LogP contribution is -2.49. The first-order valence-electron chi connectivity index (χ1n) is 9.02. The number of allylic oxidation sites excluding steroid dienone is 1. The second-order valence-electron chi connectivity index (χ2n) is 7.84. The Hall–Kier alpha value is -3.29. The maximum absolute atomic E-state index is 13.3. The Morgan fingerprint density at radius 2 is 1.96 bits per heavy atom. The van der Waals surface area contributed by atoms with Gasteiger partial charge < -0.3 is 14.8 Å². The van der Waals surface area contributed by atoms with E-state index in [0.717, 1.165) is 0 Å². The summed E-state index contributed by atoms with van der Waals surface area (Å²) in [4.78, 5) is 27.9. The Kier molecular flexibility index (Phi) is 4.14. The third-order valence-electron chi connectivity index (χ3n) is 4.50. The van der Waals surface area contributed by atoms with Crippen LogP contribution in [-0.2, 0) is 9.59 Å². The predicted octanol–water partition coefficient (Wildman–Crippen LogP) is 2.48. The smallest absolute Gasteiger partial charge is 0.253 e. The molecule has 4 rings (SSSR count). The summed E-state index contributed by atoms with van der Waals surface area (Å²) in [6, 6.07) is 6.07. The molecule has 1 aromatic heterocycles. The van der Waals surface area contributed by atoms with Crippen molar-refractivity contribution < 1.29 is 19.1 Å². The Bertz CT molecular complexity index is 986. The van der Waals surface area contributed by atoms with Gasteiger partial charge in [0.2, 0.25) is 12.7 Å². The maximum Gasteiger partial charge on any atom is 0.253 e. The van der Waals surface area contributed by atoms with E-state index in [2.05, 4.69) is 10.4 Å². The summed E-state index contributed by atoms with van der Waals surface area (Å²) in [7, 11) is 0. The summed E-state index contributed by atoms with van der Waals surface area (Å²) in [6.07, 6.45) is 3.10. The fraction of sp³-hybridized carbons (Fsp3) is 0.350. The highest BCUT2D eigenvalue weighted by molar-refractivity contribution is 6.09. The Morgan fingerprint density at radius 1 is 1.21 bits per heavy atom. The highest BCUT2D eigenvalue weighted by atomic mass is 16.7. The molecule has 3 heterocycles. The SMILES string of the molecule is CC1=CC(=O)N(c2ccc3c(c2)OCO3)C(C(=O)NC(C)(C)C)c2ccnn21. The highest BCUT2D eigenvalue weighted by Crippen LogP contribution is 2.39. The van der Waals surface area contributed by atoms with Gasteiger partial charge in [-0.25, -0.2) is 4.68 Å². The molecular formula is C20H22N4O4. The molecule has 1 aromatic carbocycles. The van der Waals surface area contributed by atoms with Crippen molar-refractivity contribution in [2.24, 2.45) is 0 Å². The van der Waals surface area contributed by atoms with Crippen LogP contribution in [0.25, 0.3) is 5.70 Å². The minimum Gasteiger partial charge on any atom is -0.454 e. The molecule has 0 saturated heterocycles. The number of rotatable bonds is 2. The third kappa shape index (κ3) is 3.11. The van der Waals surface area contributed by atoms with Gasteiger partial charge in [0.05, 0.1) is 5.69 Å². The topological polar surface area (TPSA) is 85.7 Å². The van der Waals surface area contributed by atoms with Crippen molar-refractivity contribution in [3.63, 3.8) is 0 Å². The maximum atomic E-state index is 13.3. The van der Waals surface area contributed by atoms with Crippen molar-refractivity contribution in [3.05, 3.63) is 42.2 Å². The normalized spacial score (nSPS) is 18.4. The number of fused-ring (bicyclic) bond motifs is 2. The summed E-state index contributed by atoms with van der Waals surface area (Å²) in [5.74, 6) is 0.552. The number of aromatic nitrogens is 2. The first-order chi connectivity index (χ1) is 13.2. The summed E-state index contributed by atoms with van der Waals surface area (Å²) in [5, 5.41) is 7.27. The number of amides is 2. The average Bonchev–Trinajstić information content (AvgIpc) is 3.24. The van der Waals surface area contributed by atoms with Crippen molar-refractivity contribution in [3.8, 4) is 11.5 Å². The summed E-state index contributed by atoms with van der Waals surface area (Å²) < 4.78 is 12.4. The number of hydrogen-bond donors (Lipinski definition) is 1. The number of anilines is 1. The molecule has 0 aliphatic carbocycles. The van der Waals surface area contributed by atoms with Crippen molar-refractivity contribution in [2.75, 3.05) is 11.7 Å². The van der Waals surface area contributed by atoms with Crippen LogP contribution in [-0.4, -0.2) is 33.9 Å². The van der Waals surface area contributed by atoms with Crippen LogP contribution < -0.4 is 19.7 Å². The molecular weight excluding hydrogens is 360 g/mol. The molecule has 8 heteroatoms. The van der Waals surface area contributed by atoms with E-state index in [-0.39, 0.29) is 18.6 Å². The quantitative estimate of drug-likeness (QED) is 0.862. The number of nitrogens with one attached hydrogen (secondary N) is 1. The summed E-state index contributed by atoms with van der Waals surface area (Å²) >= 11 is 0. The zero-order valence-electron chi connectivity index (χ0n) is 16.2. The van der Waals surface area contributed by atoms with Crippen molar-refractivity contribution in [1.29, 1.82) is 0 Å². The van der Waals surface area contributed by atoms with Gasteiger partial charge in [0.25, 0.3) is 5.91 Å². The monoisotopic (exact) mass is 382 g/mol. The lowest BCUT2D eigenvalue weighted by molar-refractivity contribution is -0.126. The molecule has 0 fully saturated rings. The number of ether oxygens (including phenoxy) is 2. The molecule has 2 amide bonds. The van der Waals surface area contributed by atoms with Gasteiger partial charge in [-0.3, -0.25) is 14.5 Å². The first-order valence-corrected chi connectivity index (χ1v) is 9.02. The molecule has 1 N–H and O–H groups in total. The van der Waals surface area contributed by atoms with Gasteiger partial charge in [0.1, 0.15) is 0 Å². The Labute approximate surface area is 162 Å². The number of benzene rings is 1. The fourth-order valence-corrected chi connectivity index (χ4v) is 3.39. The van der Waals surface area contributed by atoms with Crippen LogP contribution in [0.3, 0.4) is 0 Å². The molecule has 1 atom stereocenters. The van der Waals surface area contributed by atoms with E-state index in [4.69, 9.17) is 9.47 Å².